The second-order valence-corrected chi connectivity index (χ2v) is 6.88. The minimum Gasteiger partial charge on any atom is -0.326 e. The van der Waals surface area contributed by atoms with Gasteiger partial charge in [-0.3, -0.25) is 0 Å². The van der Waals surface area contributed by atoms with Crippen LogP contribution in [0.2, 0.25) is 0 Å². The molecule has 1 aliphatic rings. The summed E-state index contributed by atoms with van der Waals surface area (Å²) in [5, 5.41) is 0.501. The van der Waals surface area contributed by atoms with Crippen molar-refractivity contribution in [2.45, 2.75) is 55.5 Å². The first-order valence-corrected chi connectivity index (χ1v) is 7.85. The summed E-state index contributed by atoms with van der Waals surface area (Å²) in [7, 11) is 0. The second kappa shape index (κ2) is 6.39. The molecule has 0 aromatic heterocycles. The van der Waals surface area contributed by atoms with Crippen LogP contribution in [0.25, 0.3) is 0 Å². The molecule has 2 rings (SSSR count). The van der Waals surface area contributed by atoms with Gasteiger partial charge in [-0.25, -0.2) is 0 Å². The van der Waals surface area contributed by atoms with Gasteiger partial charge in [-0.2, -0.15) is 13.2 Å². The fourth-order valence-corrected chi connectivity index (χ4v) is 4.20. The highest BCUT2D eigenvalue weighted by molar-refractivity contribution is 8.00. The molecule has 112 valence electrons. The van der Waals surface area contributed by atoms with Gasteiger partial charge in [0.2, 0.25) is 0 Å². The summed E-state index contributed by atoms with van der Waals surface area (Å²) in [6, 6.07) is 3.93. The third-order valence-corrected chi connectivity index (χ3v) is 5.20. The van der Waals surface area contributed by atoms with Crippen LogP contribution in [0.3, 0.4) is 0 Å². The summed E-state index contributed by atoms with van der Waals surface area (Å²) >= 11 is 1.69. The van der Waals surface area contributed by atoms with Crippen molar-refractivity contribution in [3.63, 3.8) is 0 Å². The monoisotopic (exact) mass is 303 g/mol. The fourth-order valence-electron chi connectivity index (χ4n) is 2.70. The van der Waals surface area contributed by atoms with Gasteiger partial charge in [0.1, 0.15) is 0 Å². The van der Waals surface area contributed by atoms with E-state index in [9.17, 15) is 13.2 Å². The molecule has 1 nitrogen and oxygen atoms in total. The van der Waals surface area contributed by atoms with Crippen molar-refractivity contribution >= 4 is 11.8 Å². The molecule has 20 heavy (non-hydrogen) atoms. The number of alkyl halides is 3. The van der Waals surface area contributed by atoms with Gasteiger partial charge in [0.15, 0.2) is 0 Å². The minimum atomic E-state index is -4.30. The first-order valence-electron chi connectivity index (χ1n) is 6.97. The van der Waals surface area contributed by atoms with Crippen LogP contribution in [-0.2, 0) is 12.7 Å². The topological polar surface area (TPSA) is 26.0 Å². The number of hydrogen-bond donors (Lipinski definition) is 1. The summed E-state index contributed by atoms with van der Waals surface area (Å²) < 4.78 is 38.1. The average Bonchev–Trinajstić information content (AvgIpc) is 2.38. The van der Waals surface area contributed by atoms with Crippen LogP contribution < -0.4 is 5.73 Å². The van der Waals surface area contributed by atoms with E-state index in [1.165, 1.54) is 18.9 Å². The highest BCUT2D eigenvalue weighted by Gasteiger charge is 2.31. The van der Waals surface area contributed by atoms with Crippen LogP contribution in [0.5, 0.6) is 0 Å². The molecule has 2 unspecified atom stereocenters. The molecule has 0 amide bonds. The van der Waals surface area contributed by atoms with Crippen molar-refractivity contribution in [3.05, 3.63) is 29.3 Å². The summed E-state index contributed by atoms with van der Waals surface area (Å²) in [5.74, 6) is 0.706. The first kappa shape index (κ1) is 15.7. The molecule has 1 aliphatic carbocycles. The van der Waals surface area contributed by atoms with E-state index < -0.39 is 11.7 Å². The van der Waals surface area contributed by atoms with Crippen molar-refractivity contribution in [1.29, 1.82) is 0 Å². The fraction of sp³-hybridized carbons (Fsp3) is 0.600. The van der Waals surface area contributed by atoms with Gasteiger partial charge in [0.05, 0.1) is 5.56 Å². The number of thioether (sulfide) groups is 1. The van der Waals surface area contributed by atoms with Crippen LogP contribution in [0.15, 0.2) is 23.1 Å². The number of rotatable bonds is 3. The minimum absolute atomic E-state index is 0.147. The maximum absolute atomic E-state index is 12.7. The average molecular weight is 303 g/mol. The molecule has 1 aromatic rings. The van der Waals surface area contributed by atoms with Gasteiger partial charge < -0.3 is 5.73 Å². The molecule has 0 bridgehead atoms. The highest BCUT2D eigenvalue weighted by Crippen LogP contribution is 2.39. The van der Waals surface area contributed by atoms with Gasteiger partial charge >= 0.3 is 6.18 Å². The molecule has 5 heteroatoms. The van der Waals surface area contributed by atoms with E-state index in [-0.39, 0.29) is 6.54 Å². The molecular formula is C15H20F3NS. The van der Waals surface area contributed by atoms with Crippen LogP contribution in [0, 0.1) is 5.92 Å². The number of nitrogens with two attached hydrogens (primary N) is 1. The molecule has 0 spiro atoms. The van der Waals surface area contributed by atoms with Crippen LogP contribution in [0.4, 0.5) is 13.2 Å². The van der Waals surface area contributed by atoms with Gasteiger partial charge in [0, 0.05) is 16.7 Å². The lowest BCUT2D eigenvalue weighted by molar-refractivity contribution is -0.137. The third-order valence-electron chi connectivity index (χ3n) is 3.79. The Hall–Kier alpha value is -0.680. The maximum Gasteiger partial charge on any atom is 0.416 e. The molecule has 1 fully saturated rings. The summed E-state index contributed by atoms with van der Waals surface area (Å²) in [4.78, 5) is 0.902. The number of benzene rings is 1. The SMILES string of the molecule is CC1CCCC(Sc2ccc(C(F)(F)F)cc2CN)C1. The predicted octanol–water partition coefficient (Wildman–Crippen LogP) is 4.83. The smallest absolute Gasteiger partial charge is 0.326 e. The molecule has 2 N–H and O–H groups in total. The second-order valence-electron chi connectivity index (χ2n) is 5.54. The van der Waals surface area contributed by atoms with Crippen LogP contribution in [0.1, 0.15) is 43.7 Å². The van der Waals surface area contributed by atoms with E-state index in [1.54, 1.807) is 17.8 Å². The Morgan fingerprint density at radius 3 is 2.65 bits per heavy atom. The molecule has 2 atom stereocenters. The lowest BCUT2D eigenvalue weighted by atomic mass is 9.91. The Morgan fingerprint density at radius 2 is 2.05 bits per heavy atom. The zero-order chi connectivity index (χ0) is 14.8. The Balaban J connectivity index is 2.15. The lowest BCUT2D eigenvalue weighted by Crippen LogP contribution is -2.15. The van der Waals surface area contributed by atoms with Gasteiger partial charge in [-0.1, -0.05) is 19.8 Å². The van der Waals surface area contributed by atoms with E-state index in [0.29, 0.717) is 16.7 Å². The zero-order valence-electron chi connectivity index (χ0n) is 11.5. The number of hydrogen-bond acceptors (Lipinski definition) is 2. The molecule has 1 saturated carbocycles. The van der Waals surface area contributed by atoms with E-state index in [1.807, 2.05) is 0 Å². The van der Waals surface area contributed by atoms with E-state index in [2.05, 4.69) is 6.92 Å². The van der Waals surface area contributed by atoms with Crippen LogP contribution in [-0.4, -0.2) is 5.25 Å². The molecule has 1 aromatic carbocycles. The van der Waals surface area contributed by atoms with E-state index in [0.717, 1.165) is 23.8 Å². The summed E-state index contributed by atoms with van der Waals surface area (Å²) in [6.07, 6.45) is 0.438. The van der Waals surface area contributed by atoms with Gasteiger partial charge in [-0.05, 0) is 42.5 Å². The first-order chi connectivity index (χ1) is 9.40. The highest BCUT2D eigenvalue weighted by atomic mass is 32.2. The quantitative estimate of drug-likeness (QED) is 0.865. The van der Waals surface area contributed by atoms with Crippen molar-refractivity contribution in [2.24, 2.45) is 11.7 Å². The molecule has 0 radical (unpaired) electrons. The lowest BCUT2D eigenvalue weighted by Gasteiger charge is -2.27. The molecular weight excluding hydrogens is 283 g/mol. The third kappa shape index (κ3) is 3.92. The predicted molar refractivity (Wildman–Crippen MR) is 76.6 cm³/mol. The number of halogens is 3. The van der Waals surface area contributed by atoms with Crippen molar-refractivity contribution in [1.82, 2.24) is 0 Å². The summed E-state index contributed by atoms with van der Waals surface area (Å²) in [5.41, 5.74) is 5.60. The van der Waals surface area contributed by atoms with Crippen molar-refractivity contribution in [2.75, 3.05) is 0 Å². The maximum atomic E-state index is 12.7. The van der Waals surface area contributed by atoms with Gasteiger partial charge in [-0.15, -0.1) is 11.8 Å². The molecule has 0 heterocycles. The molecule has 0 saturated heterocycles. The van der Waals surface area contributed by atoms with Gasteiger partial charge in [0.25, 0.3) is 0 Å². The Morgan fingerprint density at radius 1 is 1.30 bits per heavy atom. The zero-order valence-corrected chi connectivity index (χ0v) is 12.4. The largest absolute Gasteiger partial charge is 0.416 e. The van der Waals surface area contributed by atoms with Crippen LogP contribution >= 0.6 is 11.8 Å². The van der Waals surface area contributed by atoms with Crippen molar-refractivity contribution < 1.29 is 13.2 Å². The van der Waals surface area contributed by atoms with E-state index >= 15 is 0 Å². The standard InChI is InChI=1S/C15H20F3NS/c1-10-3-2-4-13(7-10)20-14-6-5-12(15(16,17)18)8-11(14)9-19/h5-6,8,10,13H,2-4,7,9,19H2,1H3. The molecule has 0 aliphatic heterocycles. The Labute approximate surface area is 122 Å². The summed E-state index contributed by atoms with van der Waals surface area (Å²) in [6.45, 7) is 2.39. The van der Waals surface area contributed by atoms with Crippen molar-refractivity contribution in [3.8, 4) is 0 Å². The Bertz CT molecular complexity index is 459. The normalized spacial score (nSPS) is 23.9. The Kier molecular flexibility index (Phi) is 5.02. The van der Waals surface area contributed by atoms with E-state index in [4.69, 9.17) is 5.73 Å².